The molecule has 1 aliphatic heterocycles. The lowest BCUT2D eigenvalue weighted by Crippen LogP contribution is -2.54. The van der Waals surface area contributed by atoms with E-state index in [0.717, 1.165) is 19.5 Å². The molecule has 1 aliphatic rings. The van der Waals surface area contributed by atoms with Crippen LogP contribution in [0.15, 0.2) is 0 Å². The van der Waals surface area contributed by atoms with Gasteiger partial charge in [-0.05, 0) is 32.1 Å². The van der Waals surface area contributed by atoms with E-state index < -0.39 is 11.5 Å². The van der Waals surface area contributed by atoms with Crippen LogP contribution in [-0.2, 0) is 4.79 Å². The number of carboxylic acids is 1. The fraction of sp³-hybridized carbons (Fsp3) is 0.846. The summed E-state index contributed by atoms with van der Waals surface area (Å²) in [6, 6.07) is -0.189. The maximum atomic E-state index is 12.3. The van der Waals surface area contributed by atoms with Crippen molar-refractivity contribution in [3.8, 4) is 0 Å². The Bertz CT molecular complexity index is 339. The molecule has 1 fully saturated rings. The Kier molecular flexibility index (Phi) is 4.24. The Morgan fingerprint density at radius 2 is 1.94 bits per heavy atom. The predicted molar refractivity (Wildman–Crippen MR) is 69.4 cm³/mol. The molecule has 0 radical (unpaired) electrons. The van der Waals surface area contributed by atoms with Crippen LogP contribution in [0.5, 0.6) is 0 Å². The molecule has 18 heavy (non-hydrogen) atoms. The number of carbonyl (C=O) groups excluding carboxylic acids is 1. The van der Waals surface area contributed by atoms with Crippen LogP contribution in [0.3, 0.4) is 0 Å². The molecule has 0 aromatic heterocycles. The van der Waals surface area contributed by atoms with Gasteiger partial charge in [-0.25, -0.2) is 9.59 Å². The summed E-state index contributed by atoms with van der Waals surface area (Å²) in [7, 11) is 1.55. The SMILES string of the molecule is CC(C)C1CCN(C(=O)N(C)C(C)(C)C(=O)O)C1. The molecule has 104 valence electrons. The van der Waals surface area contributed by atoms with Crippen LogP contribution < -0.4 is 0 Å². The Hall–Kier alpha value is -1.26. The zero-order valence-corrected chi connectivity index (χ0v) is 11.9. The van der Waals surface area contributed by atoms with Crippen molar-refractivity contribution in [3.63, 3.8) is 0 Å². The first-order chi connectivity index (χ1) is 8.17. The van der Waals surface area contributed by atoms with E-state index in [2.05, 4.69) is 13.8 Å². The largest absolute Gasteiger partial charge is 0.480 e. The van der Waals surface area contributed by atoms with E-state index in [9.17, 15) is 9.59 Å². The van der Waals surface area contributed by atoms with E-state index in [4.69, 9.17) is 5.11 Å². The second-order valence-electron chi connectivity index (χ2n) is 5.94. The van der Waals surface area contributed by atoms with Crippen LogP contribution in [0, 0.1) is 11.8 Å². The highest BCUT2D eigenvalue weighted by molar-refractivity contribution is 5.85. The van der Waals surface area contributed by atoms with Gasteiger partial charge in [-0.1, -0.05) is 13.8 Å². The van der Waals surface area contributed by atoms with E-state index in [1.807, 2.05) is 0 Å². The number of likely N-dealkylation sites (N-methyl/N-ethyl adjacent to an activating group) is 1. The number of likely N-dealkylation sites (tertiary alicyclic amines) is 1. The molecule has 5 nitrogen and oxygen atoms in total. The average molecular weight is 256 g/mol. The molecule has 0 saturated carbocycles. The lowest BCUT2D eigenvalue weighted by molar-refractivity contribution is -0.147. The summed E-state index contributed by atoms with van der Waals surface area (Å²) >= 11 is 0. The number of amides is 2. The number of carboxylic acid groups (broad SMARTS) is 1. The number of urea groups is 1. The Morgan fingerprint density at radius 1 is 1.39 bits per heavy atom. The van der Waals surface area contributed by atoms with Gasteiger partial charge in [0.2, 0.25) is 0 Å². The molecule has 5 heteroatoms. The summed E-state index contributed by atoms with van der Waals surface area (Å²) in [6.07, 6.45) is 1.00. The topological polar surface area (TPSA) is 60.9 Å². The van der Waals surface area contributed by atoms with Crippen LogP contribution in [0.2, 0.25) is 0 Å². The molecule has 2 amide bonds. The summed E-state index contributed by atoms with van der Waals surface area (Å²) in [5, 5.41) is 9.13. The van der Waals surface area contributed by atoms with Crippen LogP contribution in [0.1, 0.15) is 34.1 Å². The molecule has 1 rings (SSSR count). The molecular weight excluding hydrogens is 232 g/mol. The Labute approximate surface area is 109 Å². The minimum Gasteiger partial charge on any atom is -0.480 e. The lowest BCUT2D eigenvalue weighted by Gasteiger charge is -2.34. The van der Waals surface area contributed by atoms with Crippen LogP contribution in [0.25, 0.3) is 0 Å². The fourth-order valence-corrected chi connectivity index (χ4v) is 2.10. The highest BCUT2D eigenvalue weighted by Gasteiger charge is 2.39. The number of nitrogens with zero attached hydrogens (tertiary/aromatic N) is 2. The highest BCUT2D eigenvalue weighted by atomic mass is 16.4. The number of hydrogen-bond donors (Lipinski definition) is 1. The highest BCUT2D eigenvalue weighted by Crippen LogP contribution is 2.25. The zero-order valence-electron chi connectivity index (χ0n) is 11.9. The average Bonchev–Trinajstić information content (AvgIpc) is 2.76. The molecule has 0 bridgehead atoms. The first-order valence-corrected chi connectivity index (χ1v) is 6.44. The van der Waals surface area contributed by atoms with Gasteiger partial charge in [-0.2, -0.15) is 0 Å². The van der Waals surface area contributed by atoms with Crippen molar-refractivity contribution in [2.45, 2.75) is 39.7 Å². The van der Waals surface area contributed by atoms with Crippen LogP contribution in [0.4, 0.5) is 4.79 Å². The number of carbonyl (C=O) groups is 2. The molecule has 0 aromatic carbocycles. The van der Waals surface area contributed by atoms with Gasteiger partial charge in [-0.3, -0.25) is 0 Å². The second-order valence-corrected chi connectivity index (χ2v) is 5.94. The Balaban J connectivity index is 2.69. The van der Waals surface area contributed by atoms with Crippen molar-refractivity contribution in [1.29, 1.82) is 0 Å². The monoisotopic (exact) mass is 256 g/mol. The van der Waals surface area contributed by atoms with Crippen molar-refractivity contribution >= 4 is 12.0 Å². The van der Waals surface area contributed by atoms with Gasteiger partial charge in [0.05, 0.1) is 0 Å². The van der Waals surface area contributed by atoms with E-state index in [0.29, 0.717) is 11.8 Å². The number of rotatable bonds is 3. The van der Waals surface area contributed by atoms with Gasteiger partial charge in [0.25, 0.3) is 0 Å². The fourth-order valence-electron chi connectivity index (χ4n) is 2.10. The molecule has 1 saturated heterocycles. The number of aliphatic carboxylic acids is 1. The van der Waals surface area contributed by atoms with E-state index in [1.54, 1.807) is 25.8 Å². The molecule has 0 aliphatic carbocycles. The van der Waals surface area contributed by atoms with Crippen molar-refractivity contribution in [2.24, 2.45) is 11.8 Å². The number of hydrogen-bond acceptors (Lipinski definition) is 2. The summed E-state index contributed by atoms with van der Waals surface area (Å²) in [5.74, 6) is 0.0915. The summed E-state index contributed by atoms with van der Waals surface area (Å²) < 4.78 is 0. The quantitative estimate of drug-likeness (QED) is 0.838. The molecule has 0 spiro atoms. The van der Waals surface area contributed by atoms with Crippen LogP contribution >= 0.6 is 0 Å². The van der Waals surface area contributed by atoms with E-state index >= 15 is 0 Å². The standard InChI is InChI=1S/C13H24N2O3/c1-9(2)10-6-7-15(8-10)12(18)14(5)13(3,4)11(16)17/h9-10H,6-8H2,1-5H3,(H,16,17). The van der Waals surface area contributed by atoms with Crippen molar-refractivity contribution in [1.82, 2.24) is 9.80 Å². The van der Waals surface area contributed by atoms with Gasteiger partial charge in [0, 0.05) is 20.1 Å². The molecular formula is C13H24N2O3. The molecule has 1 N–H and O–H groups in total. The summed E-state index contributed by atoms with van der Waals surface area (Å²) in [6.45, 7) is 8.86. The minimum atomic E-state index is -1.17. The van der Waals surface area contributed by atoms with Crippen molar-refractivity contribution in [3.05, 3.63) is 0 Å². The minimum absolute atomic E-state index is 0.189. The maximum Gasteiger partial charge on any atom is 0.329 e. The van der Waals surface area contributed by atoms with Gasteiger partial charge in [0.1, 0.15) is 5.54 Å². The molecule has 1 atom stereocenters. The molecule has 1 heterocycles. The maximum absolute atomic E-state index is 12.3. The second kappa shape index (κ2) is 5.16. The molecule has 0 aromatic rings. The van der Waals surface area contributed by atoms with Gasteiger partial charge in [-0.15, -0.1) is 0 Å². The first-order valence-electron chi connectivity index (χ1n) is 6.44. The van der Waals surface area contributed by atoms with Crippen molar-refractivity contribution < 1.29 is 14.7 Å². The van der Waals surface area contributed by atoms with Gasteiger partial charge >= 0.3 is 12.0 Å². The third kappa shape index (κ3) is 2.76. The van der Waals surface area contributed by atoms with E-state index in [1.165, 1.54) is 4.90 Å². The van der Waals surface area contributed by atoms with Crippen molar-refractivity contribution in [2.75, 3.05) is 20.1 Å². The normalized spacial score (nSPS) is 20.3. The summed E-state index contributed by atoms with van der Waals surface area (Å²) in [4.78, 5) is 26.5. The smallest absolute Gasteiger partial charge is 0.329 e. The van der Waals surface area contributed by atoms with Gasteiger partial charge in [0.15, 0.2) is 0 Å². The first kappa shape index (κ1) is 14.8. The van der Waals surface area contributed by atoms with Crippen LogP contribution in [-0.4, -0.2) is 52.6 Å². The van der Waals surface area contributed by atoms with Gasteiger partial charge < -0.3 is 14.9 Å². The van der Waals surface area contributed by atoms with E-state index in [-0.39, 0.29) is 6.03 Å². The predicted octanol–water partition coefficient (Wildman–Crippen LogP) is 1.88. The molecule has 1 unspecified atom stereocenters. The third-order valence-electron chi connectivity index (χ3n) is 4.09. The lowest BCUT2D eigenvalue weighted by atomic mass is 9.95. The summed E-state index contributed by atoms with van der Waals surface area (Å²) in [5.41, 5.74) is -1.17. The third-order valence-corrected chi connectivity index (χ3v) is 4.09. The Morgan fingerprint density at radius 3 is 2.33 bits per heavy atom. The zero-order chi connectivity index (χ0) is 14.1.